The van der Waals surface area contributed by atoms with Crippen LogP contribution in [0.2, 0.25) is 0 Å². The van der Waals surface area contributed by atoms with E-state index in [2.05, 4.69) is 36.3 Å². The molecule has 0 unspecified atom stereocenters. The van der Waals surface area contributed by atoms with Crippen LogP contribution in [0, 0.1) is 6.92 Å². The third kappa shape index (κ3) is 4.13. The van der Waals surface area contributed by atoms with Gasteiger partial charge in [-0.1, -0.05) is 17.3 Å². The molecule has 0 aliphatic carbocycles. The molecule has 1 aliphatic heterocycles. The normalized spacial score (nSPS) is 14.0. The van der Waals surface area contributed by atoms with Crippen LogP contribution < -0.4 is 19.9 Å². The highest BCUT2D eigenvalue weighted by atomic mass is 16.5. The van der Waals surface area contributed by atoms with Gasteiger partial charge in [0, 0.05) is 32.2 Å². The molecular weight excluding hydrogens is 372 g/mol. The van der Waals surface area contributed by atoms with Crippen LogP contribution in [0.15, 0.2) is 47.2 Å². The number of benzene rings is 1. The number of aryl methyl sites for hydroxylation is 1. The van der Waals surface area contributed by atoms with Gasteiger partial charge in [0.2, 0.25) is 0 Å². The lowest BCUT2D eigenvalue weighted by Gasteiger charge is -2.37. The second-order valence-corrected chi connectivity index (χ2v) is 6.68. The SMILES string of the molecule is COc1ccccc1N1CCN(c2cnc(C(=O)Nc3cc(C)on3)cn2)CC1. The minimum atomic E-state index is -0.377. The van der Waals surface area contributed by atoms with Gasteiger partial charge in [0.25, 0.3) is 5.91 Å². The number of nitrogens with zero attached hydrogens (tertiary/aromatic N) is 5. The Morgan fingerprint density at radius 3 is 2.52 bits per heavy atom. The third-order valence-corrected chi connectivity index (χ3v) is 4.77. The fourth-order valence-electron chi connectivity index (χ4n) is 3.27. The molecule has 29 heavy (non-hydrogen) atoms. The number of hydrogen-bond donors (Lipinski definition) is 1. The van der Waals surface area contributed by atoms with Gasteiger partial charge in [-0.15, -0.1) is 0 Å². The molecule has 0 spiro atoms. The van der Waals surface area contributed by atoms with Gasteiger partial charge in [-0.25, -0.2) is 9.97 Å². The molecule has 150 valence electrons. The Morgan fingerprint density at radius 2 is 1.86 bits per heavy atom. The summed E-state index contributed by atoms with van der Waals surface area (Å²) in [7, 11) is 1.69. The number of carbonyl (C=O) groups is 1. The molecule has 0 atom stereocenters. The summed E-state index contributed by atoms with van der Waals surface area (Å²) in [6.45, 7) is 5.05. The molecule has 9 nitrogen and oxygen atoms in total. The summed E-state index contributed by atoms with van der Waals surface area (Å²) in [5, 5.41) is 6.37. The Bertz CT molecular complexity index is 980. The quantitative estimate of drug-likeness (QED) is 0.704. The van der Waals surface area contributed by atoms with Crippen molar-refractivity contribution in [1.29, 1.82) is 0 Å². The van der Waals surface area contributed by atoms with Crippen molar-refractivity contribution in [3.63, 3.8) is 0 Å². The van der Waals surface area contributed by atoms with Crippen molar-refractivity contribution in [2.45, 2.75) is 6.92 Å². The van der Waals surface area contributed by atoms with Gasteiger partial charge < -0.3 is 24.4 Å². The first kappa shape index (κ1) is 18.7. The number of carbonyl (C=O) groups excluding carboxylic acids is 1. The molecule has 4 rings (SSSR count). The summed E-state index contributed by atoms with van der Waals surface area (Å²) < 4.78 is 10.4. The largest absolute Gasteiger partial charge is 0.495 e. The van der Waals surface area contributed by atoms with Gasteiger partial charge in [-0.05, 0) is 19.1 Å². The van der Waals surface area contributed by atoms with Gasteiger partial charge in [0.15, 0.2) is 5.82 Å². The molecule has 1 N–H and O–H groups in total. The smallest absolute Gasteiger partial charge is 0.277 e. The van der Waals surface area contributed by atoms with E-state index in [4.69, 9.17) is 9.26 Å². The Labute approximate surface area is 168 Å². The van der Waals surface area contributed by atoms with E-state index in [1.54, 1.807) is 26.3 Å². The number of rotatable bonds is 5. The van der Waals surface area contributed by atoms with Crippen LogP contribution in [-0.2, 0) is 0 Å². The van der Waals surface area contributed by atoms with E-state index in [1.165, 1.54) is 6.20 Å². The van der Waals surface area contributed by atoms with Gasteiger partial charge in [0.1, 0.15) is 23.0 Å². The van der Waals surface area contributed by atoms with Crippen LogP contribution in [0.25, 0.3) is 0 Å². The van der Waals surface area contributed by atoms with Gasteiger partial charge in [0.05, 0.1) is 25.2 Å². The average molecular weight is 394 g/mol. The minimum absolute atomic E-state index is 0.224. The number of methoxy groups -OCH3 is 1. The van der Waals surface area contributed by atoms with Gasteiger partial charge >= 0.3 is 0 Å². The Morgan fingerprint density at radius 1 is 1.10 bits per heavy atom. The van der Waals surface area contributed by atoms with Crippen molar-refractivity contribution in [2.75, 3.05) is 48.4 Å². The molecule has 0 bridgehead atoms. The number of ether oxygens (including phenoxy) is 1. The molecule has 3 heterocycles. The van der Waals surface area contributed by atoms with E-state index in [9.17, 15) is 4.79 Å². The lowest BCUT2D eigenvalue weighted by atomic mass is 10.2. The molecule has 1 aromatic carbocycles. The number of para-hydroxylation sites is 2. The molecule has 2 aromatic heterocycles. The Hall–Kier alpha value is -3.62. The number of anilines is 3. The topological polar surface area (TPSA) is 96.6 Å². The van der Waals surface area contributed by atoms with E-state index < -0.39 is 0 Å². The van der Waals surface area contributed by atoms with Crippen molar-refractivity contribution >= 4 is 23.2 Å². The number of hydrogen-bond acceptors (Lipinski definition) is 8. The molecule has 0 radical (unpaired) electrons. The molecule has 9 heteroatoms. The first-order valence-corrected chi connectivity index (χ1v) is 9.33. The molecule has 1 amide bonds. The van der Waals surface area contributed by atoms with Crippen LogP contribution in [0.3, 0.4) is 0 Å². The number of nitrogens with one attached hydrogen (secondary N) is 1. The summed E-state index contributed by atoms with van der Waals surface area (Å²) in [6, 6.07) is 9.66. The third-order valence-electron chi connectivity index (χ3n) is 4.77. The van der Waals surface area contributed by atoms with Crippen molar-refractivity contribution in [3.05, 3.63) is 54.2 Å². The van der Waals surface area contributed by atoms with E-state index in [0.29, 0.717) is 11.6 Å². The second kappa shape index (κ2) is 8.17. The number of amides is 1. The second-order valence-electron chi connectivity index (χ2n) is 6.68. The monoisotopic (exact) mass is 394 g/mol. The van der Waals surface area contributed by atoms with Crippen molar-refractivity contribution in [3.8, 4) is 5.75 Å². The lowest BCUT2D eigenvalue weighted by Crippen LogP contribution is -2.47. The predicted molar refractivity (Wildman–Crippen MR) is 109 cm³/mol. The van der Waals surface area contributed by atoms with E-state index in [0.717, 1.165) is 43.4 Å². The highest BCUT2D eigenvalue weighted by Gasteiger charge is 2.21. The summed E-state index contributed by atoms with van der Waals surface area (Å²) in [5.74, 6) is 2.22. The average Bonchev–Trinajstić information content (AvgIpc) is 3.18. The molecule has 3 aromatic rings. The highest BCUT2D eigenvalue weighted by Crippen LogP contribution is 2.28. The minimum Gasteiger partial charge on any atom is -0.495 e. The first-order chi connectivity index (χ1) is 14.1. The van der Waals surface area contributed by atoms with Crippen molar-refractivity contribution in [1.82, 2.24) is 15.1 Å². The van der Waals surface area contributed by atoms with E-state index >= 15 is 0 Å². The zero-order valence-electron chi connectivity index (χ0n) is 16.3. The maximum absolute atomic E-state index is 12.2. The zero-order valence-corrected chi connectivity index (χ0v) is 16.3. The predicted octanol–water partition coefficient (Wildman–Crippen LogP) is 2.36. The van der Waals surface area contributed by atoms with Crippen LogP contribution in [0.1, 0.15) is 16.2 Å². The van der Waals surface area contributed by atoms with E-state index in [-0.39, 0.29) is 11.6 Å². The van der Waals surface area contributed by atoms with Crippen LogP contribution >= 0.6 is 0 Å². The molecule has 0 saturated carbocycles. The van der Waals surface area contributed by atoms with Gasteiger partial charge in [-0.2, -0.15) is 0 Å². The molecule has 1 fully saturated rings. The molecule has 1 saturated heterocycles. The summed E-state index contributed by atoms with van der Waals surface area (Å²) in [5.41, 5.74) is 1.32. The summed E-state index contributed by atoms with van der Waals surface area (Å²) >= 11 is 0. The maximum atomic E-state index is 12.2. The Balaban J connectivity index is 1.37. The Kier molecular flexibility index (Phi) is 5.28. The standard InChI is InChI=1S/C20H22N6O3/c1-14-11-18(24-29-14)23-20(27)15-12-22-19(13-21-15)26-9-7-25(8-10-26)16-5-3-4-6-17(16)28-2/h3-6,11-13H,7-10H2,1-2H3,(H,23,24,27). The zero-order chi connectivity index (χ0) is 20.2. The fraction of sp³-hybridized carbons (Fsp3) is 0.300. The lowest BCUT2D eigenvalue weighted by molar-refractivity contribution is 0.102. The summed E-state index contributed by atoms with van der Waals surface area (Å²) in [4.78, 5) is 25.4. The van der Waals surface area contributed by atoms with Gasteiger partial charge in [-0.3, -0.25) is 4.79 Å². The highest BCUT2D eigenvalue weighted by molar-refractivity contribution is 6.02. The molecular formula is C20H22N6O3. The van der Waals surface area contributed by atoms with Crippen LogP contribution in [-0.4, -0.2) is 54.3 Å². The van der Waals surface area contributed by atoms with Crippen LogP contribution in [0.5, 0.6) is 5.75 Å². The summed E-state index contributed by atoms with van der Waals surface area (Å²) in [6.07, 6.45) is 3.10. The van der Waals surface area contributed by atoms with Crippen molar-refractivity contribution in [2.24, 2.45) is 0 Å². The number of aromatic nitrogens is 3. The maximum Gasteiger partial charge on any atom is 0.277 e. The van der Waals surface area contributed by atoms with E-state index in [1.807, 2.05) is 18.2 Å². The fourth-order valence-corrected chi connectivity index (χ4v) is 3.27. The number of piperazine rings is 1. The first-order valence-electron chi connectivity index (χ1n) is 9.33. The molecule has 1 aliphatic rings. The van der Waals surface area contributed by atoms with Crippen molar-refractivity contribution < 1.29 is 14.1 Å². The van der Waals surface area contributed by atoms with Crippen LogP contribution in [0.4, 0.5) is 17.3 Å².